The van der Waals surface area contributed by atoms with Gasteiger partial charge in [0.2, 0.25) is 5.91 Å². The predicted molar refractivity (Wildman–Crippen MR) is 152 cm³/mol. The number of carbonyl (C=O) groups is 3. The molecule has 2 heterocycles. The highest BCUT2D eigenvalue weighted by Gasteiger charge is 2.54. The van der Waals surface area contributed by atoms with Crippen molar-refractivity contribution in [2.45, 2.75) is 37.8 Å². The molecule has 0 spiro atoms. The molecule has 2 aliphatic heterocycles. The maximum Gasteiger partial charge on any atom is 0.356 e. The van der Waals surface area contributed by atoms with Crippen molar-refractivity contribution in [1.82, 2.24) is 10.2 Å². The highest BCUT2D eigenvalue weighted by atomic mass is 32.2. The van der Waals surface area contributed by atoms with Gasteiger partial charge in [-0.2, -0.15) is 0 Å². The Hall–Kier alpha value is -4.10. The number of esters is 1. The standard InChI is InChI=1S/C32H30N2O4S/c1-21(2)18-25-20-39-31-27(33-26(35)19-22-12-6-3-7-13-22)30(36)34(31)28(25)32(37)38-29(23-14-8-4-9-15-23)24-16-10-5-11-17-24/h3-18,27,29,31H,19-20H2,1-2H3,(H,33,35)/t27?,31-/m0/s1. The van der Waals surface area contributed by atoms with Gasteiger partial charge in [0.05, 0.1) is 6.42 Å². The zero-order chi connectivity index (χ0) is 27.4. The van der Waals surface area contributed by atoms with Crippen molar-refractivity contribution >= 4 is 29.5 Å². The topological polar surface area (TPSA) is 75.7 Å². The van der Waals surface area contributed by atoms with Crippen LogP contribution in [0.25, 0.3) is 0 Å². The third kappa shape index (κ3) is 5.83. The number of benzene rings is 3. The largest absolute Gasteiger partial charge is 0.448 e. The lowest BCUT2D eigenvalue weighted by Gasteiger charge is -2.49. The first-order valence-corrected chi connectivity index (χ1v) is 13.9. The average Bonchev–Trinajstić information content (AvgIpc) is 2.95. The fourth-order valence-electron chi connectivity index (χ4n) is 4.84. The molecule has 5 rings (SSSR count). The van der Waals surface area contributed by atoms with Crippen LogP contribution in [0, 0.1) is 0 Å². The zero-order valence-corrected chi connectivity index (χ0v) is 22.7. The van der Waals surface area contributed by atoms with E-state index in [1.807, 2.05) is 111 Å². The van der Waals surface area contributed by atoms with Crippen molar-refractivity contribution in [3.8, 4) is 0 Å². The molecule has 6 nitrogen and oxygen atoms in total. The number of nitrogens with zero attached hydrogens (tertiary/aromatic N) is 1. The molecule has 3 aromatic carbocycles. The highest BCUT2D eigenvalue weighted by Crippen LogP contribution is 2.42. The highest BCUT2D eigenvalue weighted by molar-refractivity contribution is 8.00. The SMILES string of the molecule is CC(C)=CC1=C(C(=O)OC(c2ccccc2)c2ccccc2)N2C(=O)C(NC(=O)Cc3ccccc3)[C@@H]2SC1. The molecule has 198 valence electrons. The molecule has 1 N–H and O–H groups in total. The Morgan fingerprint density at radius 3 is 2.08 bits per heavy atom. The summed E-state index contributed by atoms with van der Waals surface area (Å²) in [5.74, 6) is -0.573. The normalized spacial score (nSPS) is 18.2. The zero-order valence-electron chi connectivity index (χ0n) is 21.9. The molecular weight excluding hydrogens is 508 g/mol. The van der Waals surface area contributed by atoms with Crippen LogP contribution in [0.2, 0.25) is 0 Å². The van der Waals surface area contributed by atoms with Gasteiger partial charge >= 0.3 is 5.97 Å². The molecule has 0 bridgehead atoms. The number of hydrogen-bond donors (Lipinski definition) is 1. The van der Waals surface area contributed by atoms with Crippen molar-refractivity contribution in [3.05, 3.63) is 131 Å². The minimum Gasteiger partial charge on any atom is -0.448 e. The van der Waals surface area contributed by atoms with E-state index >= 15 is 0 Å². The number of fused-ring (bicyclic) bond motifs is 1. The van der Waals surface area contributed by atoms with E-state index in [0.717, 1.165) is 27.8 Å². The second-order valence-electron chi connectivity index (χ2n) is 9.82. The number of hydrogen-bond acceptors (Lipinski definition) is 5. The summed E-state index contributed by atoms with van der Waals surface area (Å²) in [6.07, 6.45) is 1.48. The predicted octanol–water partition coefficient (Wildman–Crippen LogP) is 5.18. The van der Waals surface area contributed by atoms with Crippen LogP contribution in [-0.2, 0) is 25.5 Å². The second-order valence-corrected chi connectivity index (χ2v) is 10.9. The molecule has 2 aliphatic rings. The van der Waals surface area contributed by atoms with Gasteiger partial charge < -0.3 is 10.1 Å². The Balaban J connectivity index is 1.40. The quantitative estimate of drug-likeness (QED) is 0.316. The van der Waals surface area contributed by atoms with Crippen molar-refractivity contribution in [3.63, 3.8) is 0 Å². The summed E-state index contributed by atoms with van der Waals surface area (Å²) < 4.78 is 6.15. The van der Waals surface area contributed by atoms with E-state index in [0.29, 0.717) is 5.75 Å². The van der Waals surface area contributed by atoms with Crippen LogP contribution in [0.4, 0.5) is 0 Å². The lowest BCUT2D eigenvalue weighted by atomic mass is 10.00. The average molecular weight is 539 g/mol. The summed E-state index contributed by atoms with van der Waals surface area (Å²) in [4.78, 5) is 41.5. The summed E-state index contributed by atoms with van der Waals surface area (Å²) in [7, 11) is 0. The molecule has 0 radical (unpaired) electrons. The van der Waals surface area contributed by atoms with Gasteiger partial charge in [0, 0.05) is 5.75 Å². The van der Waals surface area contributed by atoms with Crippen molar-refractivity contribution in [2.24, 2.45) is 0 Å². The fourth-order valence-corrected chi connectivity index (χ4v) is 6.15. The van der Waals surface area contributed by atoms with Crippen LogP contribution in [-0.4, -0.2) is 39.9 Å². The third-order valence-electron chi connectivity index (χ3n) is 6.61. The Kier molecular flexibility index (Phi) is 7.98. The molecule has 3 aromatic rings. The van der Waals surface area contributed by atoms with Crippen molar-refractivity contribution in [1.29, 1.82) is 0 Å². The molecule has 2 amide bonds. The van der Waals surface area contributed by atoms with E-state index in [1.54, 1.807) is 0 Å². The maximum absolute atomic E-state index is 13.9. The minimum atomic E-state index is -0.693. The number of amides is 2. The fraction of sp³-hybridized carbons (Fsp3) is 0.219. The Morgan fingerprint density at radius 2 is 1.51 bits per heavy atom. The van der Waals surface area contributed by atoms with E-state index in [1.165, 1.54) is 16.7 Å². The first-order valence-electron chi connectivity index (χ1n) is 12.9. The maximum atomic E-state index is 13.9. The third-order valence-corrected chi connectivity index (χ3v) is 7.91. The Morgan fingerprint density at radius 1 is 0.949 bits per heavy atom. The number of ether oxygens (including phenoxy) is 1. The first kappa shape index (κ1) is 26.5. The molecule has 1 unspecified atom stereocenters. The summed E-state index contributed by atoms with van der Waals surface area (Å²) >= 11 is 1.54. The molecule has 2 atom stereocenters. The Bertz CT molecular complexity index is 1380. The van der Waals surface area contributed by atoms with Crippen LogP contribution >= 0.6 is 11.8 Å². The number of β-lactam (4-membered cyclic amide) rings is 1. The Labute approximate surface area is 232 Å². The second kappa shape index (κ2) is 11.7. The summed E-state index contributed by atoms with van der Waals surface area (Å²) in [6, 6.07) is 27.8. The molecular formula is C32H30N2O4S. The summed E-state index contributed by atoms with van der Waals surface area (Å²) in [5.41, 5.74) is 4.54. The van der Waals surface area contributed by atoms with Gasteiger partial charge in [-0.25, -0.2) is 4.79 Å². The number of allylic oxidation sites excluding steroid dienone is 2. The monoisotopic (exact) mass is 538 g/mol. The molecule has 7 heteroatoms. The van der Waals surface area contributed by atoms with Crippen LogP contribution < -0.4 is 5.32 Å². The van der Waals surface area contributed by atoms with Gasteiger partial charge in [0.1, 0.15) is 17.1 Å². The number of carbonyl (C=O) groups excluding carboxylic acids is 3. The molecule has 0 aliphatic carbocycles. The minimum absolute atomic E-state index is 0.186. The first-order chi connectivity index (χ1) is 18.9. The lowest BCUT2D eigenvalue weighted by Crippen LogP contribution is -2.70. The smallest absolute Gasteiger partial charge is 0.356 e. The number of rotatable bonds is 8. The molecule has 1 saturated heterocycles. The van der Waals surface area contributed by atoms with E-state index in [9.17, 15) is 14.4 Å². The van der Waals surface area contributed by atoms with Crippen molar-refractivity contribution < 1.29 is 19.1 Å². The number of thioether (sulfide) groups is 1. The van der Waals surface area contributed by atoms with Crippen molar-refractivity contribution in [2.75, 3.05) is 5.75 Å². The van der Waals surface area contributed by atoms with E-state index in [2.05, 4.69) is 5.32 Å². The summed E-state index contributed by atoms with van der Waals surface area (Å²) in [5, 5.41) is 2.51. The summed E-state index contributed by atoms with van der Waals surface area (Å²) in [6.45, 7) is 3.90. The van der Waals surface area contributed by atoms with Gasteiger partial charge in [-0.05, 0) is 36.1 Å². The van der Waals surface area contributed by atoms with Crippen LogP contribution in [0.3, 0.4) is 0 Å². The molecule has 39 heavy (non-hydrogen) atoms. The van der Waals surface area contributed by atoms with E-state index in [4.69, 9.17) is 4.74 Å². The van der Waals surface area contributed by atoms with Crippen LogP contribution in [0.1, 0.15) is 36.6 Å². The number of nitrogens with one attached hydrogen (secondary N) is 1. The molecule has 0 aromatic heterocycles. The lowest BCUT2D eigenvalue weighted by molar-refractivity contribution is -0.154. The van der Waals surface area contributed by atoms with Gasteiger partial charge in [0.25, 0.3) is 5.91 Å². The van der Waals surface area contributed by atoms with E-state index < -0.39 is 18.1 Å². The van der Waals surface area contributed by atoms with Gasteiger partial charge in [0.15, 0.2) is 6.10 Å². The van der Waals surface area contributed by atoms with Gasteiger partial charge in [-0.3, -0.25) is 14.5 Å². The van der Waals surface area contributed by atoms with Crippen LogP contribution in [0.5, 0.6) is 0 Å². The van der Waals surface area contributed by atoms with Crippen LogP contribution in [0.15, 0.2) is 114 Å². The van der Waals surface area contributed by atoms with Gasteiger partial charge in [-0.1, -0.05) is 103 Å². The van der Waals surface area contributed by atoms with E-state index in [-0.39, 0.29) is 29.3 Å². The molecule has 0 saturated carbocycles. The van der Waals surface area contributed by atoms with Gasteiger partial charge in [-0.15, -0.1) is 11.8 Å². The molecule has 1 fully saturated rings.